The van der Waals surface area contributed by atoms with E-state index in [0.29, 0.717) is 0 Å². The molecular formula is C16H27N3. The zero-order valence-electron chi connectivity index (χ0n) is 12.9. The van der Waals surface area contributed by atoms with E-state index in [-0.39, 0.29) is 0 Å². The number of nitrogens with one attached hydrogen (secondary N) is 2. The molecule has 0 unspecified atom stereocenters. The van der Waals surface area contributed by atoms with Gasteiger partial charge in [0.25, 0.3) is 0 Å². The molecule has 0 fully saturated rings. The summed E-state index contributed by atoms with van der Waals surface area (Å²) in [6.45, 7) is 12.0. The third-order valence-corrected chi connectivity index (χ3v) is 2.55. The first-order chi connectivity index (χ1) is 9.11. The lowest BCUT2D eigenvalue weighted by atomic mass is 10.0. The van der Waals surface area contributed by atoms with Crippen molar-refractivity contribution < 1.29 is 0 Å². The normalized spacial score (nSPS) is 15.1. The minimum absolute atomic E-state index is 0.811. The van der Waals surface area contributed by atoms with Gasteiger partial charge in [-0.2, -0.15) is 0 Å². The molecule has 3 heteroatoms. The van der Waals surface area contributed by atoms with Crippen LogP contribution in [0, 0.1) is 0 Å². The third-order valence-electron chi connectivity index (χ3n) is 2.55. The first-order valence-corrected chi connectivity index (χ1v) is 6.81. The lowest BCUT2D eigenvalue weighted by molar-refractivity contribution is 0.782. The number of hydrogen-bond acceptors (Lipinski definition) is 2. The molecule has 0 aromatic heterocycles. The van der Waals surface area contributed by atoms with Gasteiger partial charge in [-0.25, -0.2) is 0 Å². The lowest BCUT2D eigenvalue weighted by Crippen LogP contribution is -2.34. The fourth-order valence-corrected chi connectivity index (χ4v) is 1.46. The van der Waals surface area contributed by atoms with E-state index >= 15 is 0 Å². The van der Waals surface area contributed by atoms with Crippen LogP contribution >= 0.6 is 0 Å². The number of hydrazine groups is 1. The van der Waals surface area contributed by atoms with Crippen molar-refractivity contribution in [2.45, 2.75) is 40.5 Å². The van der Waals surface area contributed by atoms with Crippen LogP contribution in [0.5, 0.6) is 0 Å². The molecule has 106 valence electrons. The summed E-state index contributed by atoms with van der Waals surface area (Å²) in [4.78, 5) is 3.98. The fraction of sp³-hybridized carbons (Fsp3) is 0.438. The Morgan fingerprint density at radius 3 is 2.63 bits per heavy atom. The Balaban J connectivity index is 0.00000154. The topological polar surface area (TPSA) is 36.4 Å². The maximum Gasteiger partial charge on any atom is 0.111 e. The highest BCUT2D eigenvalue weighted by Crippen LogP contribution is 2.17. The lowest BCUT2D eigenvalue weighted by Gasteiger charge is -2.09. The highest BCUT2D eigenvalue weighted by Gasteiger charge is 1.98. The van der Waals surface area contributed by atoms with Crippen LogP contribution in [-0.2, 0) is 0 Å². The minimum Gasteiger partial charge on any atom is -0.301 e. The van der Waals surface area contributed by atoms with Crippen molar-refractivity contribution in [3.63, 3.8) is 0 Å². The monoisotopic (exact) mass is 261 g/mol. The second-order valence-electron chi connectivity index (χ2n) is 4.15. The van der Waals surface area contributed by atoms with E-state index in [1.807, 2.05) is 26.8 Å². The van der Waals surface area contributed by atoms with Gasteiger partial charge in [0.15, 0.2) is 0 Å². The summed E-state index contributed by atoms with van der Waals surface area (Å²) in [6, 6.07) is 0. The van der Waals surface area contributed by atoms with E-state index in [9.17, 15) is 0 Å². The van der Waals surface area contributed by atoms with Crippen LogP contribution < -0.4 is 10.9 Å². The maximum atomic E-state index is 3.98. The van der Waals surface area contributed by atoms with Crippen molar-refractivity contribution >= 4 is 5.84 Å². The van der Waals surface area contributed by atoms with E-state index in [4.69, 9.17) is 0 Å². The largest absolute Gasteiger partial charge is 0.301 e. The van der Waals surface area contributed by atoms with Crippen LogP contribution in [0.1, 0.15) is 40.5 Å². The molecule has 0 aromatic carbocycles. The second-order valence-corrected chi connectivity index (χ2v) is 4.15. The maximum absolute atomic E-state index is 3.98. The second kappa shape index (κ2) is 10.2. The summed E-state index contributed by atoms with van der Waals surface area (Å²) in [5, 5.41) is 0. The molecule has 2 N–H and O–H groups in total. The molecule has 19 heavy (non-hydrogen) atoms. The molecule has 0 amide bonds. The van der Waals surface area contributed by atoms with E-state index in [0.717, 1.165) is 18.0 Å². The van der Waals surface area contributed by atoms with Crippen LogP contribution in [0.3, 0.4) is 0 Å². The molecule has 1 rings (SSSR count). The summed E-state index contributed by atoms with van der Waals surface area (Å²) in [5.74, 6) is 0.826. The molecule has 1 aliphatic carbocycles. The van der Waals surface area contributed by atoms with Crippen LogP contribution in [-0.4, -0.2) is 12.9 Å². The highest BCUT2D eigenvalue weighted by molar-refractivity contribution is 5.78. The Morgan fingerprint density at radius 2 is 2.05 bits per heavy atom. The molecule has 0 radical (unpaired) electrons. The average molecular weight is 261 g/mol. The van der Waals surface area contributed by atoms with Gasteiger partial charge in [-0.15, -0.1) is 0 Å². The molecular weight excluding hydrogens is 234 g/mol. The molecule has 0 saturated heterocycles. The number of amidine groups is 1. The summed E-state index contributed by atoms with van der Waals surface area (Å²) in [6.07, 6.45) is 10.8. The predicted molar refractivity (Wildman–Crippen MR) is 86.0 cm³/mol. The van der Waals surface area contributed by atoms with Crippen molar-refractivity contribution in [2.75, 3.05) is 7.05 Å². The Kier molecular flexibility index (Phi) is 9.23. The summed E-state index contributed by atoms with van der Waals surface area (Å²) >= 11 is 0. The van der Waals surface area contributed by atoms with Crippen LogP contribution in [0.15, 0.2) is 52.7 Å². The Labute approximate surface area is 117 Å². The standard InChI is InChI=1S/C14H21N3.C2H6/c1-11-6-5-7-14(10-11)9-8-12(2)16-17-13(3)15-4;1-2/h7-10,16H,2,5-6H2,1,3-4H3,(H,15,17);1-2H3/b9-8-;. The van der Waals surface area contributed by atoms with E-state index in [1.165, 1.54) is 17.6 Å². The average Bonchev–Trinajstić information content (AvgIpc) is 2.44. The first-order valence-electron chi connectivity index (χ1n) is 6.81. The van der Waals surface area contributed by atoms with Crippen LogP contribution in [0.4, 0.5) is 0 Å². The predicted octanol–water partition coefficient (Wildman–Crippen LogP) is 3.89. The molecule has 1 aliphatic rings. The van der Waals surface area contributed by atoms with Crippen LogP contribution in [0.25, 0.3) is 0 Å². The van der Waals surface area contributed by atoms with Gasteiger partial charge in [-0.3, -0.25) is 10.4 Å². The molecule has 0 heterocycles. The van der Waals surface area contributed by atoms with Crippen molar-refractivity contribution in [3.05, 3.63) is 47.7 Å². The number of rotatable bonds is 4. The summed E-state index contributed by atoms with van der Waals surface area (Å²) in [5.41, 5.74) is 9.40. The van der Waals surface area contributed by atoms with Gasteiger partial charge < -0.3 is 5.43 Å². The molecule has 0 aliphatic heterocycles. The first kappa shape index (κ1) is 17.2. The van der Waals surface area contributed by atoms with Gasteiger partial charge in [0.05, 0.1) is 0 Å². The van der Waals surface area contributed by atoms with Gasteiger partial charge in [0.1, 0.15) is 5.84 Å². The molecule has 3 nitrogen and oxygen atoms in total. The Morgan fingerprint density at radius 1 is 1.37 bits per heavy atom. The van der Waals surface area contributed by atoms with Crippen molar-refractivity contribution in [3.8, 4) is 0 Å². The fourth-order valence-electron chi connectivity index (χ4n) is 1.46. The number of nitrogens with zero attached hydrogens (tertiary/aromatic N) is 1. The smallest absolute Gasteiger partial charge is 0.111 e. The highest BCUT2D eigenvalue weighted by atomic mass is 15.4. The molecule has 0 atom stereocenters. The zero-order chi connectivity index (χ0) is 14.7. The van der Waals surface area contributed by atoms with Crippen molar-refractivity contribution in [1.82, 2.24) is 10.9 Å². The number of hydrogen-bond donors (Lipinski definition) is 2. The Hall–Kier alpha value is -1.77. The Bertz CT molecular complexity index is 398. The van der Waals surface area contributed by atoms with E-state index < -0.39 is 0 Å². The van der Waals surface area contributed by atoms with Gasteiger partial charge in [-0.1, -0.05) is 44.2 Å². The quantitative estimate of drug-likeness (QED) is 0.348. The summed E-state index contributed by atoms with van der Waals surface area (Å²) in [7, 11) is 1.74. The molecule has 0 bridgehead atoms. The van der Waals surface area contributed by atoms with Gasteiger partial charge in [0, 0.05) is 12.7 Å². The number of allylic oxidation sites excluding steroid dienone is 6. The minimum atomic E-state index is 0.811. The third kappa shape index (κ3) is 8.03. The van der Waals surface area contributed by atoms with E-state index in [1.54, 1.807) is 7.05 Å². The van der Waals surface area contributed by atoms with Crippen LogP contribution in [0.2, 0.25) is 0 Å². The SMILES string of the molecule is C=C(/C=C\C1=CCCC(C)=C1)NNC(C)=NC.CC. The zero-order valence-corrected chi connectivity index (χ0v) is 12.9. The van der Waals surface area contributed by atoms with Crippen molar-refractivity contribution in [2.24, 2.45) is 4.99 Å². The van der Waals surface area contributed by atoms with Gasteiger partial charge >= 0.3 is 0 Å². The molecule has 0 aromatic rings. The molecule has 0 spiro atoms. The molecule has 0 saturated carbocycles. The van der Waals surface area contributed by atoms with Crippen molar-refractivity contribution in [1.29, 1.82) is 0 Å². The number of aliphatic imine (C=N–C) groups is 1. The van der Waals surface area contributed by atoms with Gasteiger partial charge in [0.2, 0.25) is 0 Å². The summed E-state index contributed by atoms with van der Waals surface area (Å²) < 4.78 is 0. The van der Waals surface area contributed by atoms with E-state index in [2.05, 4.69) is 47.6 Å². The van der Waals surface area contributed by atoms with Gasteiger partial charge in [-0.05, 0) is 38.3 Å².